The van der Waals surface area contributed by atoms with E-state index in [4.69, 9.17) is 42.7 Å². The van der Waals surface area contributed by atoms with Crippen LogP contribution in [0.3, 0.4) is 0 Å². The number of methoxy groups -OCH3 is 2. The molecule has 2 aliphatic rings. The molecule has 0 saturated carbocycles. The molecule has 61 heavy (non-hydrogen) atoms. The molecule has 2 N–H and O–H groups in total. The third kappa shape index (κ3) is 8.52. The van der Waals surface area contributed by atoms with Crippen molar-refractivity contribution in [3.05, 3.63) is 141 Å². The van der Waals surface area contributed by atoms with Crippen LogP contribution in [0.1, 0.15) is 83.3 Å². The highest BCUT2D eigenvalue weighted by molar-refractivity contribution is 6.31. The zero-order valence-corrected chi connectivity index (χ0v) is 35.2. The Bertz CT molecular complexity index is 2730. The highest BCUT2D eigenvalue weighted by atomic mass is 35.5. The number of hydrogen-bond acceptors (Lipinski definition) is 11. The fraction of sp³-hybridized carbons (Fsp3) is 0.250. The Morgan fingerprint density at radius 2 is 1.07 bits per heavy atom. The number of aryl methyl sites for hydroxylation is 2. The van der Waals surface area contributed by atoms with Crippen LogP contribution in [0.5, 0.6) is 11.5 Å². The Hall–Kier alpha value is -6.71. The maximum absolute atomic E-state index is 13.6. The van der Waals surface area contributed by atoms with Crippen LogP contribution in [-0.4, -0.2) is 79.4 Å². The molecule has 0 unspecified atom stereocenters. The van der Waals surface area contributed by atoms with E-state index < -0.39 is 18.0 Å². The largest absolute Gasteiger partial charge is 0.497 e. The van der Waals surface area contributed by atoms with E-state index in [0.717, 1.165) is 33.6 Å². The van der Waals surface area contributed by atoms with Gasteiger partial charge in [0.2, 0.25) is 11.8 Å². The number of Topliss-reactive ketones (excluding diaryl/α,β-unsaturated/α-hetero) is 1. The van der Waals surface area contributed by atoms with Gasteiger partial charge in [-0.05, 0) is 74.5 Å². The molecule has 4 heterocycles. The number of carbonyl (C=O) groups excluding carboxylic acids is 3. The van der Waals surface area contributed by atoms with Crippen molar-refractivity contribution in [1.82, 2.24) is 40.2 Å². The Morgan fingerprint density at radius 3 is 1.54 bits per heavy atom. The SMILES string of the molecule is COc1ccc2c(c1)C(c1ccc(Cl)cc1)=N[C@@H](CC(=O)CCC(=O)NCNC(=O)C[C@@H]1N=C(c3ccc(Cl)cc3)c3cc(OC)ccc3-n3c(C)nnc31)c1nnc(C)n1-2. The van der Waals surface area contributed by atoms with E-state index in [1.165, 1.54) is 0 Å². The second-order valence-electron chi connectivity index (χ2n) is 14.5. The second-order valence-corrected chi connectivity index (χ2v) is 15.3. The summed E-state index contributed by atoms with van der Waals surface area (Å²) in [6.45, 7) is 3.52. The normalized spacial score (nSPS) is 15.1. The Balaban J connectivity index is 0.932. The zero-order valence-electron chi connectivity index (χ0n) is 33.6. The van der Waals surface area contributed by atoms with Crippen molar-refractivity contribution >= 4 is 52.2 Å². The third-order valence-electron chi connectivity index (χ3n) is 10.5. The summed E-state index contributed by atoms with van der Waals surface area (Å²) in [7, 11) is 3.19. The molecule has 0 saturated heterocycles. The van der Waals surface area contributed by atoms with Crippen molar-refractivity contribution in [3.8, 4) is 22.9 Å². The molecule has 2 aromatic heterocycles. The quantitative estimate of drug-likeness (QED) is 0.121. The van der Waals surface area contributed by atoms with Gasteiger partial charge in [0.1, 0.15) is 41.0 Å². The van der Waals surface area contributed by atoms with E-state index in [1.54, 1.807) is 38.5 Å². The Morgan fingerprint density at radius 1 is 0.607 bits per heavy atom. The minimum atomic E-state index is -0.727. The first kappa shape index (κ1) is 41.0. The lowest BCUT2D eigenvalue weighted by Gasteiger charge is -2.14. The van der Waals surface area contributed by atoms with Crippen LogP contribution in [0.2, 0.25) is 10.0 Å². The number of benzene rings is 4. The number of rotatable bonds is 13. The standard InChI is InChI=1S/C44H40Cl2N10O5/c1-24-51-53-43-35(49-41(26-5-9-28(45)10-6-26)33-20-31(60-3)14-16-37(33)55(24)43)19-30(57)13-18-39(58)47-23-48-40(59)22-36-44-54-52-25(2)56(44)38-17-15-32(61-4)21-34(38)42(50-36)27-7-11-29(46)12-8-27/h5-12,14-17,20-21,35-36H,13,18-19,22-23H2,1-4H3,(H,47,58)(H,48,59)/t35-,36-/m0/s1. The molecule has 0 radical (unpaired) electrons. The predicted molar refractivity (Wildman–Crippen MR) is 230 cm³/mol. The van der Waals surface area contributed by atoms with Crippen molar-refractivity contribution in [1.29, 1.82) is 0 Å². The topological polar surface area (TPSA) is 180 Å². The monoisotopic (exact) mass is 858 g/mol. The van der Waals surface area contributed by atoms with Crippen LogP contribution >= 0.6 is 23.2 Å². The van der Waals surface area contributed by atoms with Crippen LogP contribution < -0.4 is 20.1 Å². The Kier molecular flexibility index (Phi) is 11.8. The summed E-state index contributed by atoms with van der Waals surface area (Å²) in [4.78, 5) is 50.2. The number of halogens is 2. The highest BCUT2D eigenvalue weighted by Gasteiger charge is 2.32. The van der Waals surface area contributed by atoms with Gasteiger partial charge in [0.25, 0.3) is 0 Å². The predicted octanol–water partition coefficient (Wildman–Crippen LogP) is 6.59. The number of ketones is 1. The molecule has 6 aromatic rings. The molecule has 0 bridgehead atoms. The molecule has 0 spiro atoms. The second kappa shape index (κ2) is 17.5. The van der Waals surface area contributed by atoms with E-state index in [9.17, 15) is 14.4 Å². The third-order valence-corrected chi connectivity index (χ3v) is 11.0. The minimum Gasteiger partial charge on any atom is -0.497 e. The summed E-state index contributed by atoms with van der Waals surface area (Å²) in [5.41, 5.74) is 5.97. The molecule has 310 valence electrons. The number of ether oxygens (including phenoxy) is 2. The fourth-order valence-electron chi connectivity index (χ4n) is 7.50. The summed E-state index contributed by atoms with van der Waals surface area (Å²) in [5.74, 6) is 2.53. The molecular weight excluding hydrogens is 819 g/mol. The first-order chi connectivity index (χ1) is 29.5. The molecule has 0 fully saturated rings. The van der Waals surface area contributed by atoms with Crippen molar-refractivity contribution in [2.24, 2.45) is 9.98 Å². The summed E-state index contributed by atoms with van der Waals surface area (Å²) in [5, 5.41) is 24.1. The number of carbonyl (C=O) groups is 3. The summed E-state index contributed by atoms with van der Waals surface area (Å²) in [6.07, 6.45) is -0.263. The number of aliphatic imine (C=N–C) groups is 2. The maximum Gasteiger partial charge on any atom is 0.224 e. The number of nitrogens with zero attached hydrogens (tertiary/aromatic N) is 8. The van der Waals surface area contributed by atoms with E-state index in [1.807, 2.05) is 83.6 Å². The Labute approximate surface area is 360 Å². The summed E-state index contributed by atoms with van der Waals surface area (Å²) in [6, 6.07) is 24.5. The molecular formula is C44H40Cl2N10O5. The van der Waals surface area contributed by atoms with Gasteiger partial charge in [0.15, 0.2) is 11.6 Å². The molecule has 4 aromatic carbocycles. The maximum atomic E-state index is 13.6. The number of hydrogen-bond donors (Lipinski definition) is 2. The smallest absolute Gasteiger partial charge is 0.224 e. The van der Waals surface area contributed by atoms with Gasteiger partial charge in [0.05, 0.1) is 50.1 Å². The lowest BCUT2D eigenvalue weighted by Crippen LogP contribution is -2.37. The van der Waals surface area contributed by atoms with Gasteiger partial charge in [0, 0.05) is 51.6 Å². The average molecular weight is 860 g/mol. The minimum absolute atomic E-state index is 0.0228. The van der Waals surface area contributed by atoms with Crippen molar-refractivity contribution < 1.29 is 23.9 Å². The van der Waals surface area contributed by atoms with E-state index in [0.29, 0.717) is 56.3 Å². The summed E-state index contributed by atoms with van der Waals surface area (Å²) < 4.78 is 14.9. The van der Waals surface area contributed by atoms with Crippen LogP contribution in [-0.2, 0) is 14.4 Å². The van der Waals surface area contributed by atoms with Crippen LogP contribution in [0.4, 0.5) is 0 Å². The van der Waals surface area contributed by atoms with Gasteiger partial charge in [-0.25, -0.2) is 0 Å². The average Bonchev–Trinajstić information content (AvgIpc) is 3.77. The van der Waals surface area contributed by atoms with Crippen LogP contribution in [0.15, 0.2) is 94.9 Å². The number of amides is 2. The van der Waals surface area contributed by atoms with E-state index in [-0.39, 0.29) is 44.0 Å². The van der Waals surface area contributed by atoms with Gasteiger partial charge in [-0.3, -0.25) is 33.5 Å². The van der Waals surface area contributed by atoms with Gasteiger partial charge in [-0.2, -0.15) is 0 Å². The molecule has 2 atom stereocenters. The first-order valence-corrected chi connectivity index (χ1v) is 20.2. The van der Waals surface area contributed by atoms with Crippen molar-refractivity contribution in [2.45, 2.75) is 51.6 Å². The molecule has 15 nitrogen and oxygen atoms in total. The molecule has 2 aliphatic heterocycles. The molecule has 0 aliphatic carbocycles. The van der Waals surface area contributed by atoms with Crippen LogP contribution in [0.25, 0.3) is 11.4 Å². The molecule has 2 amide bonds. The molecule has 17 heteroatoms. The van der Waals surface area contributed by atoms with Gasteiger partial charge in [-0.1, -0.05) is 47.5 Å². The first-order valence-electron chi connectivity index (χ1n) is 19.4. The lowest BCUT2D eigenvalue weighted by molar-refractivity contribution is -0.126. The zero-order chi connectivity index (χ0) is 42.8. The lowest BCUT2D eigenvalue weighted by atomic mass is 9.99. The van der Waals surface area contributed by atoms with E-state index >= 15 is 0 Å². The highest BCUT2D eigenvalue weighted by Crippen LogP contribution is 2.36. The van der Waals surface area contributed by atoms with Gasteiger partial charge < -0.3 is 20.1 Å². The fourth-order valence-corrected chi connectivity index (χ4v) is 7.75. The van der Waals surface area contributed by atoms with E-state index in [2.05, 4.69) is 31.0 Å². The number of aromatic nitrogens is 6. The summed E-state index contributed by atoms with van der Waals surface area (Å²) >= 11 is 12.5. The van der Waals surface area contributed by atoms with Crippen molar-refractivity contribution in [3.63, 3.8) is 0 Å². The van der Waals surface area contributed by atoms with Gasteiger partial charge in [-0.15, -0.1) is 20.4 Å². The number of fused-ring (bicyclic) bond motifs is 6. The van der Waals surface area contributed by atoms with Gasteiger partial charge >= 0.3 is 0 Å². The van der Waals surface area contributed by atoms with Crippen LogP contribution in [0, 0.1) is 13.8 Å². The molecule has 8 rings (SSSR count). The van der Waals surface area contributed by atoms with Crippen molar-refractivity contribution in [2.75, 3.05) is 20.9 Å². The number of nitrogens with one attached hydrogen (secondary N) is 2.